The molecular formula is C15H20ClNO3. The summed E-state index contributed by atoms with van der Waals surface area (Å²) < 4.78 is 11.0. The zero-order valence-corrected chi connectivity index (χ0v) is 12.2. The van der Waals surface area contributed by atoms with Gasteiger partial charge in [-0.1, -0.05) is 18.0 Å². The largest absolute Gasteiger partial charge is 0.467 e. The van der Waals surface area contributed by atoms with Crippen LogP contribution in [0.15, 0.2) is 12.1 Å². The Bertz CT molecular complexity index is 476. The lowest BCUT2D eigenvalue weighted by atomic mass is 9.91. The van der Waals surface area contributed by atoms with Crippen LogP contribution < -0.4 is 4.74 Å². The Morgan fingerprint density at radius 3 is 2.90 bits per heavy atom. The molecule has 2 aliphatic rings. The van der Waals surface area contributed by atoms with E-state index in [1.165, 1.54) is 19.3 Å². The number of aliphatic hydroxyl groups is 1. The Balaban J connectivity index is 1.82. The second-order valence-electron chi connectivity index (χ2n) is 5.44. The average molecular weight is 298 g/mol. The van der Waals surface area contributed by atoms with Gasteiger partial charge in [0, 0.05) is 35.3 Å². The first-order chi connectivity index (χ1) is 9.78. The van der Waals surface area contributed by atoms with Gasteiger partial charge in [-0.05, 0) is 25.0 Å². The quantitative estimate of drug-likeness (QED) is 0.907. The number of halogens is 1. The zero-order chi connectivity index (χ0) is 13.9. The normalized spacial score (nSPS) is 18.6. The third-order valence-corrected chi connectivity index (χ3v) is 4.32. The molecule has 3 rings (SSSR count). The third kappa shape index (κ3) is 2.93. The smallest absolute Gasteiger partial charge is 0.189 e. The number of fused-ring (bicyclic) bond motifs is 1. The van der Waals surface area contributed by atoms with Gasteiger partial charge in [-0.25, -0.2) is 0 Å². The number of hydrogen-bond acceptors (Lipinski definition) is 4. The van der Waals surface area contributed by atoms with Crippen LogP contribution in [0.1, 0.15) is 30.4 Å². The van der Waals surface area contributed by atoms with Crippen molar-refractivity contribution in [3.63, 3.8) is 0 Å². The van der Waals surface area contributed by atoms with Crippen molar-refractivity contribution >= 4 is 11.6 Å². The van der Waals surface area contributed by atoms with Crippen LogP contribution in [-0.4, -0.2) is 36.0 Å². The summed E-state index contributed by atoms with van der Waals surface area (Å²) in [4.78, 5) is 2.33. The van der Waals surface area contributed by atoms with Gasteiger partial charge in [-0.2, -0.15) is 0 Å². The molecule has 1 aromatic rings. The van der Waals surface area contributed by atoms with Gasteiger partial charge in [-0.15, -0.1) is 0 Å². The van der Waals surface area contributed by atoms with Crippen molar-refractivity contribution in [1.82, 2.24) is 4.90 Å². The molecule has 0 bridgehead atoms. The molecular weight excluding hydrogens is 278 g/mol. The minimum atomic E-state index is 0.184. The fourth-order valence-electron chi connectivity index (χ4n) is 2.86. The molecule has 1 aliphatic heterocycles. The van der Waals surface area contributed by atoms with Crippen LogP contribution in [0.3, 0.4) is 0 Å². The van der Waals surface area contributed by atoms with E-state index in [1.807, 2.05) is 12.1 Å². The second kappa shape index (κ2) is 6.31. The van der Waals surface area contributed by atoms with E-state index < -0.39 is 0 Å². The summed E-state index contributed by atoms with van der Waals surface area (Å²) in [6.07, 6.45) is 3.71. The molecule has 0 radical (unpaired) electrons. The maximum Gasteiger partial charge on any atom is 0.189 e. The zero-order valence-electron chi connectivity index (χ0n) is 11.5. The lowest BCUT2D eigenvalue weighted by molar-refractivity contribution is -0.0179. The van der Waals surface area contributed by atoms with Gasteiger partial charge in [0.05, 0.1) is 13.2 Å². The Morgan fingerprint density at radius 1 is 1.35 bits per heavy atom. The number of nitrogens with zero attached hydrogens (tertiary/aromatic N) is 1. The Labute approximate surface area is 124 Å². The van der Waals surface area contributed by atoms with Crippen molar-refractivity contribution in [2.75, 3.05) is 19.9 Å². The highest BCUT2D eigenvalue weighted by Crippen LogP contribution is 2.34. The van der Waals surface area contributed by atoms with Gasteiger partial charge in [0.15, 0.2) is 6.79 Å². The van der Waals surface area contributed by atoms with Gasteiger partial charge in [-0.3, -0.25) is 4.90 Å². The van der Waals surface area contributed by atoms with Crippen molar-refractivity contribution in [3.8, 4) is 5.75 Å². The van der Waals surface area contributed by atoms with E-state index in [0.29, 0.717) is 31.0 Å². The maximum atomic E-state index is 9.26. The molecule has 0 atom stereocenters. The fraction of sp³-hybridized carbons (Fsp3) is 0.600. The summed E-state index contributed by atoms with van der Waals surface area (Å²) in [5.74, 6) is 0.905. The first-order valence-corrected chi connectivity index (χ1v) is 7.52. The number of aliphatic hydroxyl groups excluding tert-OH is 1. The summed E-state index contributed by atoms with van der Waals surface area (Å²) in [7, 11) is 0. The van der Waals surface area contributed by atoms with E-state index in [2.05, 4.69) is 4.90 Å². The highest BCUT2D eigenvalue weighted by molar-refractivity contribution is 6.30. The van der Waals surface area contributed by atoms with Gasteiger partial charge in [0.1, 0.15) is 5.75 Å². The summed E-state index contributed by atoms with van der Waals surface area (Å²) in [6.45, 7) is 2.50. The molecule has 4 nitrogen and oxygen atoms in total. The summed E-state index contributed by atoms with van der Waals surface area (Å²) in [6, 6.07) is 4.45. The van der Waals surface area contributed by atoms with Crippen LogP contribution in [0, 0.1) is 0 Å². The van der Waals surface area contributed by atoms with E-state index in [1.54, 1.807) is 0 Å². The van der Waals surface area contributed by atoms with Gasteiger partial charge >= 0.3 is 0 Å². The third-order valence-electron chi connectivity index (χ3n) is 4.10. The highest BCUT2D eigenvalue weighted by Gasteiger charge is 2.26. The van der Waals surface area contributed by atoms with Crippen LogP contribution in [0.5, 0.6) is 5.75 Å². The molecule has 20 heavy (non-hydrogen) atoms. The minimum absolute atomic E-state index is 0.184. The van der Waals surface area contributed by atoms with Crippen LogP contribution in [0.4, 0.5) is 0 Å². The van der Waals surface area contributed by atoms with E-state index in [0.717, 1.165) is 23.4 Å². The maximum absolute atomic E-state index is 9.26. The number of rotatable bonds is 5. The van der Waals surface area contributed by atoms with Crippen molar-refractivity contribution in [1.29, 1.82) is 0 Å². The lowest BCUT2D eigenvalue weighted by Crippen LogP contribution is -2.41. The summed E-state index contributed by atoms with van der Waals surface area (Å²) in [5, 5.41) is 9.97. The first kappa shape index (κ1) is 14.1. The molecule has 0 amide bonds. The van der Waals surface area contributed by atoms with Crippen LogP contribution in [0.25, 0.3) is 0 Å². The van der Waals surface area contributed by atoms with Crippen LogP contribution in [-0.2, 0) is 17.9 Å². The van der Waals surface area contributed by atoms with Crippen LogP contribution in [0.2, 0.25) is 5.02 Å². The van der Waals surface area contributed by atoms with Crippen molar-refractivity contribution in [2.24, 2.45) is 0 Å². The average Bonchev–Trinajstić information content (AvgIpc) is 2.36. The van der Waals surface area contributed by atoms with E-state index in [9.17, 15) is 5.11 Å². The fourth-order valence-corrected chi connectivity index (χ4v) is 3.13. The molecule has 0 spiro atoms. The summed E-state index contributed by atoms with van der Waals surface area (Å²) >= 11 is 6.19. The van der Waals surface area contributed by atoms with Gasteiger partial charge in [0.2, 0.25) is 0 Å². The number of benzene rings is 1. The van der Waals surface area contributed by atoms with Gasteiger partial charge < -0.3 is 14.6 Å². The van der Waals surface area contributed by atoms with Crippen molar-refractivity contribution in [3.05, 3.63) is 28.3 Å². The lowest BCUT2D eigenvalue weighted by Gasteiger charge is -2.37. The van der Waals surface area contributed by atoms with Gasteiger partial charge in [0.25, 0.3) is 0 Å². The SMILES string of the molecule is OCCN(Cc1cc(Cl)cc2c1OCOC2)C1CCC1. The Hall–Kier alpha value is -0.810. The Morgan fingerprint density at radius 2 is 2.20 bits per heavy atom. The molecule has 1 heterocycles. The molecule has 0 aromatic heterocycles. The predicted molar refractivity (Wildman–Crippen MR) is 76.9 cm³/mol. The first-order valence-electron chi connectivity index (χ1n) is 7.14. The molecule has 110 valence electrons. The molecule has 1 aromatic carbocycles. The van der Waals surface area contributed by atoms with Crippen molar-refractivity contribution in [2.45, 2.75) is 38.5 Å². The standard InChI is InChI=1S/C15H20ClNO3/c16-13-6-11(15-12(7-13)9-19-10-20-15)8-17(4-5-18)14-2-1-3-14/h6-7,14,18H,1-5,8-10H2. The monoisotopic (exact) mass is 297 g/mol. The molecule has 0 unspecified atom stereocenters. The molecule has 0 saturated heterocycles. The van der Waals surface area contributed by atoms with E-state index >= 15 is 0 Å². The second-order valence-corrected chi connectivity index (χ2v) is 5.88. The predicted octanol–water partition coefficient (Wildman–Crippen LogP) is 2.55. The minimum Gasteiger partial charge on any atom is -0.467 e. The number of ether oxygens (including phenoxy) is 2. The van der Waals surface area contributed by atoms with Crippen molar-refractivity contribution < 1.29 is 14.6 Å². The van der Waals surface area contributed by atoms with Crippen LogP contribution >= 0.6 is 11.6 Å². The number of hydrogen-bond donors (Lipinski definition) is 1. The topological polar surface area (TPSA) is 41.9 Å². The summed E-state index contributed by atoms with van der Waals surface area (Å²) in [5.41, 5.74) is 2.10. The molecule has 1 aliphatic carbocycles. The highest BCUT2D eigenvalue weighted by atomic mass is 35.5. The molecule has 5 heteroatoms. The molecule has 1 fully saturated rings. The molecule has 1 N–H and O–H groups in total. The Kier molecular flexibility index (Phi) is 4.46. The van der Waals surface area contributed by atoms with E-state index in [4.69, 9.17) is 21.1 Å². The molecule has 1 saturated carbocycles. The van der Waals surface area contributed by atoms with E-state index in [-0.39, 0.29) is 6.61 Å².